The topological polar surface area (TPSA) is 32.3 Å². The predicted octanol–water partition coefficient (Wildman–Crippen LogP) is 2.66. The molecule has 98 valence electrons. The van der Waals surface area contributed by atoms with Crippen LogP contribution in [0.1, 0.15) is 29.6 Å². The van der Waals surface area contributed by atoms with Gasteiger partial charge in [-0.1, -0.05) is 22.4 Å². The van der Waals surface area contributed by atoms with E-state index in [1.54, 1.807) is 0 Å². The first kappa shape index (κ1) is 13.6. The van der Waals surface area contributed by atoms with Gasteiger partial charge in [0.25, 0.3) is 5.91 Å². The van der Waals surface area contributed by atoms with E-state index in [4.69, 9.17) is 0 Å². The molecule has 0 radical (unpaired) electrons. The van der Waals surface area contributed by atoms with E-state index in [1.807, 2.05) is 24.3 Å². The Morgan fingerprint density at radius 2 is 2.11 bits per heavy atom. The third-order valence-corrected chi connectivity index (χ3v) is 4.05. The monoisotopic (exact) mass is 310 g/mol. The van der Waals surface area contributed by atoms with Crippen molar-refractivity contribution in [2.45, 2.75) is 25.3 Å². The van der Waals surface area contributed by atoms with E-state index in [0.717, 1.165) is 23.1 Å². The minimum Gasteiger partial charge on any atom is -0.350 e. The second-order valence-electron chi connectivity index (χ2n) is 4.85. The Kier molecular flexibility index (Phi) is 4.78. The van der Waals surface area contributed by atoms with Gasteiger partial charge in [-0.2, -0.15) is 0 Å². The van der Waals surface area contributed by atoms with Crippen molar-refractivity contribution in [1.29, 1.82) is 0 Å². The van der Waals surface area contributed by atoms with E-state index in [-0.39, 0.29) is 5.91 Å². The summed E-state index contributed by atoms with van der Waals surface area (Å²) in [5.41, 5.74) is 0.719. The number of carbonyl (C=O) groups excluding carboxylic acids is 1. The molecule has 0 aliphatic carbocycles. The standard InChI is InChI=1S/C14H19BrN2O/c1-17-9-3-2-4-13(17)10-16-14(18)11-5-7-12(15)8-6-11/h5-8,13H,2-4,9-10H2,1H3,(H,16,18). The molecule has 1 aromatic rings. The van der Waals surface area contributed by atoms with Gasteiger partial charge < -0.3 is 10.2 Å². The van der Waals surface area contributed by atoms with E-state index < -0.39 is 0 Å². The lowest BCUT2D eigenvalue weighted by Gasteiger charge is -2.32. The van der Waals surface area contributed by atoms with Crippen LogP contribution < -0.4 is 5.32 Å². The molecule has 1 aliphatic rings. The second kappa shape index (κ2) is 6.34. The SMILES string of the molecule is CN1CCCCC1CNC(=O)c1ccc(Br)cc1. The number of likely N-dealkylation sites (tertiary alicyclic amines) is 1. The first-order valence-electron chi connectivity index (χ1n) is 6.41. The zero-order chi connectivity index (χ0) is 13.0. The number of nitrogens with zero attached hydrogens (tertiary/aromatic N) is 1. The lowest BCUT2D eigenvalue weighted by molar-refractivity contribution is 0.0928. The number of hydrogen-bond acceptors (Lipinski definition) is 2. The number of rotatable bonds is 3. The van der Waals surface area contributed by atoms with Gasteiger partial charge in [-0.25, -0.2) is 0 Å². The predicted molar refractivity (Wildman–Crippen MR) is 76.7 cm³/mol. The molecular weight excluding hydrogens is 292 g/mol. The fourth-order valence-corrected chi connectivity index (χ4v) is 2.58. The van der Waals surface area contributed by atoms with E-state index in [0.29, 0.717) is 6.04 Å². The fraction of sp³-hybridized carbons (Fsp3) is 0.500. The van der Waals surface area contributed by atoms with Gasteiger partial charge in [-0.3, -0.25) is 4.79 Å². The first-order valence-corrected chi connectivity index (χ1v) is 7.20. The average Bonchev–Trinajstić information content (AvgIpc) is 2.38. The molecule has 1 saturated heterocycles. The van der Waals surface area contributed by atoms with E-state index >= 15 is 0 Å². The summed E-state index contributed by atoms with van der Waals surface area (Å²) in [4.78, 5) is 14.3. The highest BCUT2D eigenvalue weighted by Gasteiger charge is 2.19. The Morgan fingerprint density at radius 1 is 1.39 bits per heavy atom. The van der Waals surface area contributed by atoms with Crippen LogP contribution in [0, 0.1) is 0 Å². The highest BCUT2D eigenvalue weighted by molar-refractivity contribution is 9.10. The lowest BCUT2D eigenvalue weighted by Crippen LogP contribution is -2.44. The largest absolute Gasteiger partial charge is 0.350 e. The zero-order valence-electron chi connectivity index (χ0n) is 10.7. The molecule has 1 fully saturated rings. The number of piperidine rings is 1. The molecule has 1 unspecified atom stereocenters. The fourth-order valence-electron chi connectivity index (χ4n) is 2.32. The van der Waals surface area contributed by atoms with Crippen molar-refractivity contribution in [3.63, 3.8) is 0 Å². The number of nitrogens with one attached hydrogen (secondary N) is 1. The van der Waals surface area contributed by atoms with Crippen molar-refractivity contribution in [2.24, 2.45) is 0 Å². The van der Waals surface area contributed by atoms with Crippen LogP contribution in [-0.4, -0.2) is 37.0 Å². The third-order valence-electron chi connectivity index (χ3n) is 3.53. The number of benzene rings is 1. The van der Waals surface area contributed by atoms with Crippen molar-refractivity contribution in [3.05, 3.63) is 34.3 Å². The maximum absolute atomic E-state index is 12.0. The number of hydrogen-bond donors (Lipinski definition) is 1. The minimum absolute atomic E-state index is 0.0153. The Hall–Kier alpha value is -0.870. The van der Waals surface area contributed by atoms with Crippen LogP contribution in [0.2, 0.25) is 0 Å². The van der Waals surface area contributed by atoms with Gasteiger partial charge in [0, 0.05) is 22.6 Å². The number of carbonyl (C=O) groups is 1. The van der Waals surface area contributed by atoms with Gasteiger partial charge in [-0.05, 0) is 50.7 Å². The van der Waals surface area contributed by atoms with Gasteiger partial charge in [0.05, 0.1) is 0 Å². The normalized spacial score (nSPS) is 20.7. The Morgan fingerprint density at radius 3 is 2.78 bits per heavy atom. The quantitative estimate of drug-likeness (QED) is 0.931. The summed E-state index contributed by atoms with van der Waals surface area (Å²) in [6.07, 6.45) is 3.72. The molecule has 3 nitrogen and oxygen atoms in total. The summed E-state index contributed by atoms with van der Waals surface area (Å²) in [6, 6.07) is 7.94. The van der Waals surface area contributed by atoms with Crippen molar-refractivity contribution < 1.29 is 4.79 Å². The Bertz CT molecular complexity index is 405. The van der Waals surface area contributed by atoms with Gasteiger partial charge in [0.15, 0.2) is 0 Å². The molecule has 4 heteroatoms. The van der Waals surface area contributed by atoms with E-state index in [9.17, 15) is 4.79 Å². The van der Waals surface area contributed by atoms with Gasteiger partial charge in [0.2, 0.25) is 0 Å². The molecule has 0 saturated carbocycles. The van der Waals surface area contributed by atoms with Crippen LogP contribution >= 0.6 is 15.9 Å². The summed E-state index contributed by atoms with van der Waals surface area (Å²) < 4.78 is 0.992. The molecule has 0 aromatic heterocycles. The number of halogens is 1. The van der Waals surface area contributed by atoms with Crippen molar-refractivity contribution in [3.8, 4) is 0 Å². The summed E-state index contributed by atoms with van der Waals surface area (Å²) in [7, 11) is 2.13. The molecule has 0 bridgehead atoms. The lowest BCUT2D eigenvalue weighted by atomic mass is 10.0. The molecule has 2 rings (SSSR count). The number of amides is 1. The molecule has 1 atom stereocenters. The van der Waals surface area contributed by atoms with Gasteiger partial charge in [0.1, 0.15) is 0 Å². The van der Waals surface area contributed by atoms with E-state index in [1.165, 1.54) is 19.3 Å². The third kappa shape index (κ3) is 3.56. The van der Waals surface area contributed by atoms with Crippen LogP contribution in [0.25, 0.3) is 0 Å². The smallest absolute Gasteiger partial charge is 0.251 e. The maximum atomic E-state index is 12.0. The molecule has 18 heavy (non-hydrogen) atoms. The van der Waals surface area contributed by atoms with Gasteiger partial charge in [-0.15, -0.1) is 0 Å². The molecule has 0 spiro atoms. The maximum Gasteiger partial charge on any atom is 0.251 e. The Labute approximate surface area is 117 Å². The second-order valence-corrected chi connectivity index (χ2v) is 5.76. The van der Waals surface area contributed by atoms with Crippen LogP contribution in [0.3, 0.4) is 0 Å². The van der Waals surface area contributed by atoms with Gasteiger partial charge >= 0.3 is 0 Å². The van der Waals surface area contributed by atoms with Crippen molar-refractivity contribution in [1.82, 2.24) is 10.2 Å². The summed E-state index contributed by atoms with van der Waals surface area (Å²) in [5, 5.41) is 3.02. The molecule has 1 N–H and O–H groups in total. The van der Waals surface area contributed by atoms with Crippen LogP contribution in [0.5, 0.6) is 0 Å². The first-order chi connectivity index (χ1) is 8.66. The van der Waals surface area contributed by atoms with Crippen LogP contribution in [0.15, 0.2) is 28.7 Å². The highest BCUT2D eigenvalue weighted by Crippen LogP contribution is 2.14. The molecule has 1 amide bonds. The summed E-state index contributed by atoms with van der Waals surface area (Å²) in [6.45, 7) is 1.88. The molecule has 1 aliphatic heterocycles. The molecular formula is C14H19BrN2O. The number of likely N-dealkylation sites (N-methyl/N-ethyl adjacent to an activating group) is 1. The molecule has 1 aromatic carbocycles. The van der Waals surface area contributed by atoms with Crippen LogP contribution in [0.4, 0.5) is 0 Å². The van der Waals surface area contributed by atoms with E-state index in [2.05, 4.69) is 33.2 Å². The van der Waals surface area contributed by atoms with Crippen LogP contribution in [-0.2, 0) is 0 Å². The minimum atomic E-state index is 0.0153. The summed E-state index contributed by atoms with van der Waals surface area (Å²) >= 11 is 3.37. The van der Waals surface area contributed by atoms with Crippen molar-refractivity contribution in [2.75, 3.05) is 20.1 Å². The average molecular weight is 311 g/mol. The summed E-state index contributed by atoms with van der Waals surface area (Å²) in [5.74, 6) is 0.0153. The Balaban J connectivity index is 1.86. The highest BCUT2D eigenvalue weighted by atomic mass is 79.9. The molecule has 1 heterocycles. The zero-order valence-corrected chi connectivity index (χ0v) is 12.2. The van der Waals surface area contributed by atoms with Crippen molar-refractivity contribution >= 4 is 21.8 Å².